The number of benzene rings is 2. The van der Waals surface area contributed by atoms with Crippen molar-refractivity contribution in [1.82, 2.24) is 31.9 Å². The predicted octanol–water partition coefficient (Wildman–Crippen LogP) is 7.18. The number of carbonyl (C=O) groups excluding carboxylic acids is 10. The van der Waals surface area contributed by atoms with Crippen molar-refractivity contribution in [3.8, 4) is 0 Å². The van der Waals surface area contributed by atoms with Crippen LogP contribution in [-0.2, 0) is 28.8 Å². The molecule has 4 unspecified atom stereocenters. The zero-order valence-corrected chi connectivity index (χ0v) is 40.7. The SMILES string of the molecule is CC.CC.CC(=O)CCC(NC(=O)NC(CCCCNC(=O)Nc1ccccc1)C(C)=O)C(C)=O.CC(=O)CCC(NC(=O)NC(CCCCNC(=O)Nc1ccccc1)C(C)=O)C(C)=O. The Morgan fingerprint density at radius 1 is 0.379 bits per heavy atom. The first-order chi connectivity index (χ1) is 31.4. The molecule has 0 fully saturated rings. The molecule has 2 rings (SSSR count). The van der Waals surface area contributed by atoms with Gasteiger partial charge in [0.1, 0.15) is 11.6 Å². The summed E-state index contributed by atoms with van der Waals surface area (Å²) >= 11 is 0. The van der Waals surface area contributed by atoms with Crippen LogP contribution in [0.15, 0.2) is 60.7 Å². The van der Waals surface area contributed by atoms with Gasteiger partial charge in [0.25, 0.3) is 0 Å². The van der Waals surface area contributed by atoms with Gasteiger partial charge in [0.2, 0.25) is 0 Å². The average molecular weight is 925 g/mol. The fraction of sp³-hybridized carbons (Fsp3) is 0.542. The minimum atomic E-state index is -0.774. The zero-order valence-electron chi connectivity index (χ0n) is 40.7. The summed E-state index contributed by atoms with van der Waals surface area (Å²) in [4.78, 5) is 117. The van der Waals surface area contributed by atoms with Crippen molar-refractivity contribution in [2.45, 2.75) is 158 Å². The molecule has 8 N–H and O–H groups in total. The number of Topliss-reactive ketones (excluding diaryl/α,β-unsaturated/α-hetero) is 6. The van der Waals surface area contributed by atoms with Gasteiger partial charge in [-0.3, -0.25) is 19.2 Å². The van der Waals surface area contributed by atoms with Gasteiger partial charge in [0.15, 0.2) is 23.1 Å². The first-order valence-corrected chi connectivity index (χ1v) is 22.7. The van der Waals surface area contributed by atoms with E-state index in [2.05, 4.69) is 42.5 Å². The Kier molecular flexibility index (Phi) is 35.4. The van der Waals surface area contributed by atoms with Crippen molar-refractivity contribution < 1.29 is 47.9 Å². The highest BCUT2D eigenvalue weighted by Crippen LogP contribution is 2.08. The molecule has 2 aromatic rings. The molecule has 0 saturated heterocycles. The van der Waals surface area contributed by atoms with Crippen LogP contribution < -0.4 is 42.5 Å². The van der Waals surface area contributed by atoms with E-state index in [1.54, 1.807) is 24.3 Å². The lowest BCUT2D eigenvalue weighted by Gasteiger charge is -2.20. The van der Waals surface area contributed by atoms with Crippen LogP contribution in [0.4, 0.5) is 30.6 Å². The first-order valence-electron chi connectivity index (χ1n) is 22.7. The molecular weight excluding hydrogens is 849 g/mol. The summed E-state index contributed by atoms with van der Waals surface area (Å²) in [6.07, 6.45) is 4.10. The summed E-state index contributed by atoms with van der Waals surface area (Å²) < 4.78 is 0. The topological polar surface area (TPSA) is 267 Å². The smallest absolute Gasteiger partial charge is 0.319 e. The number of rotatable bonds is 26. The fourth-order valence-corrected chi connectivity index (χ4v) is 5.66. The molecule has 0 radical (unpaired) electrons. The largest absolute Gasteiger partial charge is 0.338 e. The number of hydrogen-bond acceptors (Lipinski definition) is 10. The maximum absolute atomic E-state index is 12.2. The average Bonchev–Trinajstić information content (AvgIpc) is 3.27. The molecule has 0 spiro atoms. The molecule has 0 aliphatic heterocycles. The Hall–Kier alpha value is -6.46. The number of urea groups is 4. The number of carbonyl (C=O) groups is 10. The van der Waals surface area contributed by atoms with Crippen LogP contribution >= 0.6 is 0 Å². The summed E-state index contributed by atoms with van der Waals surface area (Å²) in [7, 11) is 0. The molecule has 0 aliphatic rings. The monoisotopic (exact) mass is 925 g/mol. The Labute approximate surface area is 391 Å². The molecular formula is C48H76N8O10. The van der Waals surface area contributed by atoms with Gasteiger partial charge < -0.3 is 52.1 Å². The number of ketones is 6. The van der Waals surface area contributed by atoms with Crippen molar-refractivity contribution >= 4 is 70.2 Å². The number of para-hydroxylation sites is 2. The Morgan fingerprint density at radius 3 is 0.909 bits per heavy atom. The third kappa shape index (κ3) is 32.2. The number of amides is 8. The van der Waals surface area contributed by atoms with Crippen LogP contribution in [0.2, 0.25) is 0 Å². The van der Waals surface area contributed by atoms with Crippen LogP contribution in [0, 0.1) is 0 Å². The molecule has 0 aliphatic carbocycles. The summed E-state index contributed by atoms with van der Waals surface area (Å²) in [5, 5.41) is 21.1. The molecule has 0 saturated carbocycles. The molecule has 2 aromatic carbocycles. The van der Waals surface area contributed by atoms with E-state index in [0.717, 1.165) is 0 Å². The first kappa shape index (κ1) is 61.6. The molecule has 18 nitrogen and oxygen atoms in total. The quantitative estimate of drug-likeness (QED) is 0.0441. The standard InChI is InChI=1S/2C22H32N4O5.2C2H6/c2*1-15(27)12-13-20(17(3)29)26-22(31)25-19(16(2)28)11-7-8-14-23-21(30)24-18-9-5-4-6-10-18;2*1-2/h2*4-6,9-10,19-20H,7-8,11-14H2,1-3H3,(H2,23,24,30)(H2,25,26,31);2*1-2H3. The molecule has 368 valence electrons. The fourth-order valence-electron chi connectivity index (χ4n) is 5.66. The van der Waals surface area contributed by atoms with Crippen LogP contribution in [-0.4, -0.2) is 96.1 Å². The van der Waals surface area contributed by atoms with E-state index in [0.29, 0.717) is 63.0 Å². The van der Waals surface area contributed by atoms with E-state index in [1.165, 1.54) is 41.5 Å². The van der Waals surface area contributed by atoms with Crippen LogP contribution in [0.1, 0.15) is 133 Å². The van der Waals surface area contributed by atoms with Gasteiger partial charge in [-0.15, -0.1) is 0 Å². The molecule has 18 heteroatoms. The molecule has 0 aromatic heterocycles. The van der Waals surface area contributed by atoms with Gasteiger partial charge in [0, 0.05) is 37.3 Å². The lowest BCUT2D eigenvalue weighted by Crippen LogP contribution is -2.50. The molecule has 4 atom stereocenters. The van der Waals surface area contributed by atoms with Gasteiger partial charge >= 0.3 is 24.1 Å². The van der Waals surface area contributed by atoms with Crippen molar-refractivity contribution in [3.05, 3.63) is 60.7 Å². The number of hydrogen-bond donors (Lipinski definition) is 8. The highest BCUT2D eigenvalue weighted by molar-refractivity contribution is 5.92. The van der Waals surface area contributed by atoms with Gasteiger partial charge in [-0.25, -0.2) is 19.2 Å². The van der Waals surface area contributed by atoms with E-state index >= 15 is 0 Å². The lowest BCUT2D eigenvalue weighted by atomic mass is 10.1. The highest BCUT2D eigenvalue weighted by atomic mass is 16.2. The minimum absolute atomic E-state index is 0.0684. The van der Waals surface area contributed by atoms with Crippen LogP contribution in [0.3, 0.4) is 0 Å². The van der Waals surface area contributed by atoms with E-state index < -0.39 is 36.2 Å². The number of anilines is 2. The maximum atomic E-state index is 12.2. The second-order valence-electron chi connectivity index (χ2n) is 14.9. The van der Waals surface area contributed by atoms with E-state index in [1.807, 2.05) is 64.1 Å². The van der Waals surface area contributed by atoms with E-state index in [4.69, 9.17) is 0 Å². The maximum Gasteiger partial charge on any atom is 0.319 e. The second-order valence-corrected chi connectivity index (χ2v) is 14.9. The number of nitrogens with one attached hydrogen (secondary N) is 8. The normalized spacial score (nSPS) is 11.7. The number of unbranched alkanes of at least 4 members (excludes halogenated alkanes) is 2. The molecule has 66 heavy (non-hydrogen) atoms. The van der Waals surface area contributed by atoms with Crippen molar-refractivity contribution in [1.29, 1.82) is 0 Å². The third-order valence-electron chi connectivity index (χ3n) is 9.23. The van der Waals surface area contributed by atoms with Crippen LogP contribution in [0.5, 0.6) is 0 Å². The van der Waals surface area contributed by atoms with Gasteiger partial charge in [-0.2, -0.15) is 0 Å². The van der Waals surface area contributed by atoms with Gasteiger partial charge in [0.05, 0.1) is 24.2 Å². The zero-order chi connectivity index (χ0) is 50.5. The Bertz CT molecular complexity index is 1660. The summed E-state index contributed by atoms with van der Waals surface area (Å²) in [6.45, 7) is 17.1. The van der Waals surface area contributed by atoms with Crippen molar-refractivity contribution in [2.24, 2.45) is 0 Å². The third-order valence-corrected chi connectivity index (χ3v) is 9.23. The van der Waals surface area contributed by atoms with Gasteiger partial charge in [-0.05, 0) is 117 Å². The lowest BCUT2D eigenvalue weighted by molar-refractivity contribution is -0.121. The summed E-state index contributed by atoms with van der Waals surface area (Å²) in [6, 6.07) is 13.3. The Balaban J connectivity index is 0. The second kappa shape index (κ2) is 37.9. The van der Waals surface area contributed by atoms with Crippen LogP contribution in [0.25, 0.3) is 0 Å². The molecule has 8 amide bonds. The van der Waals surface area contributed by atoms with E-state index in [-0.39, 0.29) is 72.4 Å². The molecule has 0 bridgehead atoms. The minimum Gasteiger partial charge on any atom is -0.338 e. The van der Waals surface area contributed by atoms with Gasteiger partial charge in [-0.1, -0.05) is 64.1 Å². The molecule has 0 heterocycles. The summed E-state index contributed by atoms with van der Waals surface area (Å²) in [5.74, 6) is -1.05. The summed E-state index contributed by atoms with van der Waals surface area (Å²) in [5.41, 5.74) is 1.39. The highest BCUT2D eigenvalue weighted by Gasteiger charge is 2.23. The Morgan fingerprint density at radius 2 is 0.652 bits per heavy atom. The predicted molar refractivity (Wildman–Crippen MR) is 258 cm³/mol. The van der Waals surface area contributed by atoms with Crippen molar-refractivity contribution in [3.63, 3.8) is 0 Å². The van der Waals surface area contributed by atoms with E-state index in [9.17, 15) is 47.9 Å². The van der Waals surface area contributed by atoms with Crippen molar-refractivity contribution in [2.75, 3.05) is 23.7 Å².